The van der Waals surface area contributed by atoms with Gasteiger partial charge in [0.2, 0.25) is 0 Å². The van der Waals surface area contributed by atoms with Crippen molar-refractivity contribution in [1.82, 2.24) is 18.3 Å². The van der Waals surface area contributed by atoms with Crippen LogP contribution in [0.5, 0.6) is 0 Å². The molecule has 0 aliphatic carbocycles. The van der Waals surface area contributed by atoms with E-state index in [-0.39, 0.29) is 11.9 Å². The highest BCUT2D eigenvalue weighted by Gasteiger charge is 2.45. The van der Waals surface area contributed by atoms with Crippen LogP contribution in [0.4, 0.5) is 0 Å². The lowest BCUT2D eigenvalue weighted by atomic mass is 9.63. The Kier molecular flexibility index (Phi) is 19.5. The largest absolute Gasteiger partial charge is 0.465 e. The third kappa shape index (κ3) is 12.3. The summed E-state index contributed by atoms with van der Waals surface area (Å²) in [6.45, 7) is 0. The first kappa shape index (κ1) is 72.6. The molecule has 0 radical (unpaired) electrons. The van der Waals surface area contributed by atoms with Gasteiger partial charge in [-0.15, -0.1) is 0 Å². The van der Waals surface area contributed by atoms with Crippen LogP contribution in [-0.2, 0) is 20.5 Å². The van der Waals surface area contributed by atoms with Gasteiger partial charge >= 0.3 is 11.9 Å². The molecule has 0 saturated carbocycles. The first-order chi connectivity index (χ1) is 56.0. The Hall–Kier alpha value is -12.9. The van der Waals surface area contributed by atoms with Gasteiger partial charge in [0.25, 0.3) is 0 Å². The molecule has 0 saturated heterocycles. The number of rotatable bonds is 10. The summed E-state index contributed by atoms with van der Waals surface area (Å²) >= 11 is 10.9. The summed E-state index contributed by atoms with van der Waals surface area (Å²) < 4.78 is 22.0. The molecular formula is C102H71Br3N4O5. The molecule has 114 heavy (non-hydrogen) atoms. The summed E-state index contributed by atoms with van der Waals surface area (Å²) in [5.74, 6) is -0.670. The van der Waals surface area contributed by atoms with Crippen molar-refractivity contribution in [2.75, 3.05) is 14.2 Å². The number of hydrogen-bond acceptors (Lipinski definition) is 5. The molecule has 5 heterocycles. The number of aliphatic hydroxyl groups is 1. The van der Waals surface area contributed by atoms with Crippen molar-refractivity contribution in [1.29, 1.82) is 0 Å². The topological polar surface area (TPSA) is 92.6 Å². The van der Waals surface area contributed by atoms with E-state index in [1.165, 1.54) is 85.5 Å². The molecule has 20 aromatic rings. The number of aromatic nitrogens is 4. The van der Waals surface area contributed by atoms with E-state index >= 15 is 0 Å². The second-order valence-electron chi connectivity index (χ2n) is 28.1. The Morgan fingerprint density at radius 1 is 0.289 bits per heavy atom. The van der Waals surface area contributed by atoms with E-state index < -0.39 is 11.0 Å². The first-order valence-electron chi connectivity index (χ1n) is 37.6. The Balaban J connectivity index is 0.000000107. The molecule has 16 aromatic carbocycles. The third-order valence-electron chi connectivity index (χ3n) is 22.0. The minimum Gasteiger partial charge on any atom is -0.465 e. The maximum atomic E-state index is 12.6. The molecule has 1 aliphatic rings. The number of para-hydroxylation sites is 9. The highest BCUT2D eigenvalue weighted by Crippen LogP contribution is 2.55. The van der Waals surface area contributed by atoms with Crippen LogP contribution < -0.4 is 0 Å². The Labute approximate surface area is 683 Å². The lowest BCUT2D eigenvalue weighted by Gasteiger charge is -2.41. The van der Waals surface area contributed by atoms with Gasteiger partial charge in [0, 0.05) is 62.1 Å². The van der Waals surface area contributed by atoms with Crippen LogP contribution >= 0.6 is 47.8 Å². The summed E-state index contributed by atoms with van der Waals surface area (Å²) in [5.41, 5.74) is 19.9. The van der Waals surface area contributed by atoms with E-state index in [0.29, 0.717) is 11.1 Å². The summed E-state index contributed by atoms with van der Waals surface area (Å²) in [7, 11) is 2.81. The second kappa shape index (κ2) is 30.6. The summed E-state index contributed by atoms with van der Waals surface area (Å²) in [6.07, 6.45) is 0. The highest BCUT2D eigenvalue weighted by atomic mass is 79.9. The molecule has 12 heteroatoms. The Morgan fingerprint density at radius 2 is 0.596 bits per heavy atom. The lowest BCUT2D eigenvalue weighted by molar-refractivity contribution is 0.0592. The zero-order valence-electron chi connectivity index (χ0n) is 62.0. The average molecular weight is 1670 g/mol. The van der Waals surface area contributed by atoms with Gasteiger partial charge in [0.15, 0.2) is 0 Å². The number of methoxy groups -OCH3 is 2. The third-order valence-corrected chi connectivity index (χ3v) is 23.5. The van der Waals surface area contributed by atoms with Gasteiger partial charge in [0.1, 0.15) is 5.60 Å². The molecule has 0 atom stereocenters. The maximum Gasteiger partial charge on any atom is 0.339 e. The summed E-state index contributed by atoms with van der Waals surface area (Å²) in [6, 6.07) is 133. The van der Waals surface area contributed by atoms with Gasteiger partial charge in [0.05, 0.1) is 97.6 Å². The van der Waals surface area contributed by atoms with Crippen LogP contribution in [0.3, 0.4) is 0 Å². The fraction of sp³-hybridized carbons (Fsp3) is 0.0392. The minimum absolute atomic E-state index is 0.331. The van der Waals surface area contributed by atoms with E-state index in [4.69, 9.17) is 9.47 Å². The van der Waals surface area contributed by atoms with Gasteiger partial charge in [-0.2, -0.15) is 0 Å². The summed E-state index contributed by atoms with van der Waals surface area (Å²) in [4.78, 5) is 24.4. The van der Waals surface area contributed by atoms with Crippen LogP contribution in [0.2, 0.25) is 0 Å². The SMILES string of the molecule is Brc1ccc2c(c1)c1cccc3c1n2-c1ccccc1C3(c1ccccc1)c1ccccc1.COC(=O)c1ccccc1-n1c2ccccc2c2cc(Br)ccc21.COC(=O)c1ccccc1-n1c2ccccc2c2ccccc21.OC(c1ccccc1)(c1ccccc1)c1ccccc1-n1c2ccccc2c2cc(Br)ccc21. The predicted molar refractivity (Wildman–Crippen MR) is 476 cm³/mol. The molecule has 550 valence electrons. The van der Waals surface area contributed by atoms with Gasteiger partial charge < -0.3 is 32.8 Å². The van der Waals surface area contributed by atoms with Crippen LogP contribution in [0.1, 0.15) is 59.7 Å². The number of carbonyl (C=O) groups is 2. The molecule has 4 aromatic heterocycles. The highest BCUT2D eigenvalue weighted by molar-refractivity contribution is 9.11. The zero-order chi connectivity index (χ0) is 77.6. The van der Waals surface area contributed by atoms with E-state index in [1.807, 2.05) is 158 Å². The zero-order valence-corrected chi connectivity index (χ0v) is 66.7. The number of benzene rings is 16. The van der Waals surface area contributed by atoms with E-state index in [0.717, 1.165) is 91.0 Å². The molecule has 1 N–H and O–H groups in total. The van der Waals surface area contributed by atoms with Crippen LogP contribution in [0.25, 0.3) is 110 Å². The molecule has 0 bridgehead atoms. The quantitative estimate of drug-likeness (QED) is 0.109. The normalized spacial score (nSPS) is 12.1. The van der Waals surface area contributed by atoms with Crippen molar-refractivity contribution in [3.63, 3.8) is 0 Å². The van der Waals surface area contributed by atoms with Crippen LogP contribution in [0.15, 0.2) is 402 Å². The van der Waals surface area contributed by atoms with Crippen molar-refractivity contribution in [3.8, 4) is 22.7 Å². The van der Waals surface area contributed by atoms with E-state index in [9.17, 15) is 14.7 Å². The molecular weight excluding hydrogens is 1600 g/mol. The number of halogens is 3. The van der Waals surface area contributed by atoms with Crippen LogP contribution in [0, 0.1) is 0 Å². The number of ether oxygens (including phenoxy) is 2. The van der Waals surface area contributed by atoms with Crippen molar-refractivity contribution in [2.45, 2.75) is 11.0 Å². The maximum absolute atomic E-state index is 12.6. The number of nitrogens with zero attached hydrogens (tertiary/aromatic N) is 4. The van der Waals surface area contributed by atoms with Gasteiger partial charge in [-0.05, 0) is 149 Å². The Morgan fingerprint density at radius 3 is 1.04 bits per heavy atom. The fourth-order valence-corrected chi connectivity index (χ4v) is 18.3. The standard InChI is InChI=1S/C31H22BrNO.C31H20BrN.C20H14BrNO2.C20H15NO2/c32-24-19-20-29-26(21-24)25-15-7-9-17-28(25)33(29)30-18-10-8-16-27(30)31(34,22-11-3-1-4-12-22)23-13-5-2-6-14-23;32-23-18-19-28-25(20-23)24-14-9-16-27-30(24)33(28)29-17-8-7-15-26(29)31(27,21-10-3-1-4-11-21)22-12-5-2-6-13-22;1-24-20(23)15-7-3-5-9-18(15)22-17-8-4-2-6-14(17)16-12-13(21)10-11-19(16)22;1-23-20(22)16-10-4-7-13-19(16)21-17-11-5-2-8-14(17)15-9-3-6-12-18(15)21/h1-21,34H;1-20H;2-12H,1H3;2-13H,1H3. The molecule has 21 rings (SSSR count). The number of esters is 2. The number of carbonyl (C=O) groups excluding carboxylic acids is 2. The van der Waals surface area contributed by atoms with Gasteiger partial charge in [-0.1, -0.05) is 321 Å². The molecule has 0 unspecified atom stereocenters. The molecule has 0 amide bonds. The number of hydrogen-bond donors (Lipinski definition) is 1. The van der Waals surface area contributed by atoms with Crippen molar-refractivity contribution < 1.29 is 24.2 Å². The smallest absolute Gasteiger partial charge is 0.339 e. The lowest BCUT2D eigenvalue weighted by Crippen LogP contribution is -2.35. The molecule has 1 aliphatic heterocycles. The minimum atomic E-state index is -1.33. The van der Waals surface area contributed by atoms with E-state index in [1.54, 1.807) is 12.1 Å². The van der Waals surface area contributed by atoms with Gasteiger partial charge in [-0.3, -0.25) is 0 Å². The Bertz CT molecular complexity index is 6940. The van der Waals surface area contributed by atoms with Gasteiger partial charge in [-0.25, -0.2) is 9.59 Å². The first-order valence-corrected chi connectivity index (χ1v) is 40.0. The number of fused-ring (bicyclic) bond motifs is 14. The predicted octanol–water partition coefficient (Wildman–Crippen LogP) is 26.0. The van der Waals surface area contributed by atoms with Crippen molar-refractivity contribution in [3.05, 3.63) is 452 Å². The molecule has 0 spiro atoms. The van der Waals surface area contributed by atoms with Crippen LogP contribution in [-0.4, -0.2) is 49.5 Å². The van der Waals surface area contributed by atoms with E-state index in [2.05, 4.69) is 284 Å². The second-order valence-corrected chi connectivity index (χ2v) is 30.8. The molecule has 0 fully saturated rings. The van der Waals surface area contributed by atoms with Crippen molar-refractivity contribution >= 4 is 147 Å². The van der Waals surface area contributed by atoms with Crippen molar-refractivity contribution in [2.24, 2.45) is 0 Å². The molecule has 9 nitrogen and oxygen atoms in total. The summed E-state index contributed by atoms with van der Waals surface area (Å²) in [5, 5.41) is 22.1. The monoisotopic (exact) mass is 1670 g/mol. The fourth-order valence-electron chi connectivity index (χ4n) is 17.2. The average Bonchev–Trinajstić information content (AvgIpc) is 1.42.